The molecule has 1 amide bonds. The summed E-state index contributed by atoms with van der Waals surface area (Å²) in [5, 5.41) is 2.25. The van der Waals surface area contributed by atoms with Gasteiger partial charge in [-0.1, -0.05) is 0 Å². The molecule has 3 aromatic rings. The highest BCUT2D eigenvalue weighted by Crippen LogP contribution is 2.24. The second-order valence-corrected chi connectivity index (χ2v) is 8.93. The fourth-order valence-electron chi connectivity index (χ4n) is 3.23. The lowest BCUT2D eigenvalue weighted by molar-refractivity contribution is -0.116. The molecule has 0 aliphatic carbocycles. The zero-order valence-corrected chi connectivity index (χ0v) is 18.3. The van der Waals surface area contributed by atoms with Crippen LogP contribution >= 0.6 is 0 Å². The fourth-order valence-corrected chi connectivity index (χ4v) is 4.78. The predicted molar refractivity (Wildman–Crippen MR) is 114 cm³/mol. The van der Waals surface area contributed by atoms with E-state index in [0.29, 0.717) is 17.5 Å². The van der Waals surface area contributed by atoms with Crippen molar-refractivity contribution < 1.29 is 26.7 Å². The first kappa shape index (κ1) is 23.1. The van der Waals surface area contributed by atoms with Crippen LogP contribution in [0.25, 0.3) is 0 Å². The third-order valence-electron chi connectivity index (χ3n) is 4.79. The average Bonchev–Trinajstić information content (AvgIpc) is 2.73. The molecule has 0 fully saturated rings. The van der Waals surface area contributed by atoms with Crippen LogP contribution in [0.15, 0.2) is 63.1 Å². The van der Waals surface area contributed by atoms with Crippen LogP contribution < -0.4 is 15.6 Å². The number of amides is 1. The van der Waals surface area contributed by atoms with Gasteiger partial charge in [0.15, 0.2) is 0 Å². The van der Waals surface area contributed by atoms with Gasteiger partial charge in [-0.3, -0.25) is 9.59 Å². The van der Waals surface area contributed by atoms with Crippen molar-refractivity contribution in [1.82, 2.24) is 4.57 Å². The van der Waals surface area contributed by atoms with Gasteiger partial charge in [-0.15, -0.1) is 0 Å². The first-order valence-electron chi connectivity index (χ1n) is 9.39. The Balaban J connectivity index is 1.99. The van der Waals surface area contributed by atoms with E-state index in [2.05, 4.69) is 5.32 Å². The maximum Gasteiger partial charge on any atom is 0.270 e. The minimum atomic E-state index is -4.19. The lowest BCUT2D eigenvalue weighted by Gasteiger charge is -2.15. The first-order chi connectivity index (χ1) is 15.0. The van der Waals surface area contributed by atoms with Crippen LogP contribution in [0.2, 0.25) is 0 Å². The summed E-state index contributed by atoms with van der Waals surface area (Å²) in [6, 6.07) is 9.66. The van der Waals surface area contributed by atoms with Crippen molar-refractivity contribution in [3.63, 3.8) is 0 Å². The van der Waals surface area contributed by atoms with E-state index in [-0.39, 0.29) is 16.1 Å². The molecule has 1 N–H and O–H groups in total. The minimum absolute atomic E-state index is 0.105. The monoisotopic (exact) mass is 462 g/mol. The quantitative estimate of drug-likeness (QED) is 0.607. The minimum Gasteiger partial charge on any atom is -0.497 e. The number of hydrogen-bond donors (Lipinski definition) is 1. The molecule has 32 heavy (non-hydrogen) atoms. The molecule has 0 saturated carbocycles. The van der Waals surface area contributed by atoms with Gasteiger partial charge in [-0.05, 0) is 61.9 Å². The Morgan fingerprint density at radius 1 is 1.06 bits per heavy atom. The van der Waals surface area contributed by atoms with Crippen LogP contribution in [0.1, 0.15) is 11.3 Å². The van der Waals surface area contributed by atoms with E-state index < -0.39 is 44.4 Å². The normalized spacial score (nSPS) is 11.3. The maximum absolute atomic E-state index is 13.8. The Labute approximate surface area is 183 Å². The standard InChI is InChI=1S/C22H20F2N2O5S/c1-13-10-14(2)26(12-20(27)25-19-9-4-15(23)11-18(19)24)22(28)21(13)32(29,30)17-7-5-16(31-3)6-8-17/h4-11H,12H2,1-3H3,(H,25,27). The van der Waals surface area contributed by atoms with Crippen molar-refractivity contribution in [3.8, 4) is 5.75 Å². The summed E-state index contributed by atoms with van der Waals surface area (Å²) in [5.41, 5.74) is -0.575. The summed E-state index contributed by atoms with van der Waals surface area (Å²) < 4.78 is 59.2. The van der Waals surface area contributed by atoms with Gasteiger partial charge in [-0.2, -0.15) is 0 Å². The number of pyridine rings is 1. The number of nitrogens with one attached hydrogen (secondary N) is 1. The molecule has 0 radical (unpaired) electrons. The number of aromatic nitrogens is 1. The summed E-state index contributed by atoms with van der Waals surface area (Å²) in [6.45, 7) is 2.47. The lowest BCUT2D eigenvalue weighted by atomic mass is 10.2. The predicted octanol–water partition coefficient (Wildman–Crippen LogP) is 3.22. The number of methoxy groups -OCH3 is 1. The Morgan fingerprint density at radius 2 is 1.72 bits per heavy atom. The Bertz CT molecular complexity index is 1350. The van der Waals surface area contributed by atoms with Crippen molar-refractivity contribution in [2.75, 3.05) is 12.4 Å². The second-order valence-electron chi connectivity index (χ2n) is 7.04. The largest absolute Gasteiger partial charge is 0.497 e. The third-order valence-corrected chi connectivity index (χ3v) is 6.72. The number of halogens is 2. The van der Waals surface area contributed by atoms with Gasteiger partial charge in [0.2, 0.25) is 15.7 Å². The molecule has 1 aromatic heterocycles. The summed E-state index contributed by atoms with van der Waals surface area (Å²) in [6.07, 6.45) is 0. The third kappa shape index (κ3) is 4.54. The zero-order valence-electron chi connectivity index (χ0n) is 17.5. The number of anilines is 1. The SMILES string of the molecule is COc1ccc(S(=O)(=O)c2c(C)cc(C)n(CC(=O)Nc3ccc(F)cc3F)c2=O)cc1. The highest BCUT2D eigenvalue weighted by molar-refractivity contribution is 7.91. The summed E-state index contributed by atoms with van der Waals surface area (Å²) in [4.78, 5) is 25.0. The molecular formula is C22H20F2N2O5S. The van der Waals surface area contributed by atoms with Crippen molar-refractivity contribution in [3.05, 3.63) is 81.8 Å². The number of carbonyl (C=O) groups excluding carboxylic acids is 1. The molecule has 0 spiro atoms. The van der Waals surface area contributed by atoms with Crippen LogP contribution in [0.4, 0.5) is 14.5 Å². The average molecular weight is 462 g/mol. The van der Waals surface area contributed by atoms with Gasteiger partial charge in [0.1, 0.15) is 28.8 Å². The first-order valence-corrected chi connectivity index (χ1v) is 10.9. The highest BCUT2D eigenvalue weighted by Gasteiger charge is 2.26. The van der Waals surface area contributed by atoms with E-state index in [0.717, 1.165) is 16.7 Å². The van der Waals surface area contributed by atoms with Gasteiger partial charge >= 0.3 is 0 Å². The molecule has 0 aliphatic rings. The summed E-state index contributed by atoms with van der Waals surface area (Å²) in [7, 11) is -2.75. The van der Waals surface area contributed by atoms with Crippen LogP contribution in [0.3, 0.4) is 0 Å². The lowest BCUT2D eigenvalue weighted by Crippen LogP contribution is -2.33. The van der Waals surface area contributed by atoms with Gasteiger partial charge in [0, 0.05) is 11.8 Å². The van der Waals surface area contributed by atoms with Crippen molar-refractivity contribution >= 4 is 21.4 Å². The zero-order chi connectivity index (χ0) is 23.6. The molecule has 0 atom stereocenters. The van der Waals surface area contributed by atoms with Gasteiger partial charge < -0.3 is 14.6 Å². The molecule has 0 saturated heterocycles. The smallest absolute Gasteiger partial charge is 0.270 e. The highest BCUT2D eigenvalue weighted by atomic mass is 32.2. The molecular weight excluding hydrogens is 442 g/mol. The number of sulfone groups is 1. The number of nitrogens with zero attached hydrogens (tertiary/aromatic N) is 1. The number of aryl methyl sites for hydroxylation is 2. The van der Waals surface area contributed by atoms with Crippen molar-refractivity contribution in [2.45, 2.75) is 30.2 Å². The van der Waals surface area contributed by atoms with E-state index >= 15 is 0 Å². The van der Waals surface area contributed by atoms with E-state index in [4.69, 9.17) is 4.74 Å². The van der Waals surface area contributed by atoms with E-state index in [1.54, 1.807) is 6.92 Å². The molecule has 2 aromatic carbocycles. The number of benzene rings is 2. The molecule has 0 unspecified atom stereocenters. The van der Waals surface area contributed by atoms with Gasteiger partial charge in [0.05, 0.1) is 17.7 Å². The molecule has 1 heterocycles. The van der Waals surface area contributed by atoms with Crippen molar-refractivity contribution in [2.24, 2.45) is 0 Å². The summed E-state index contributed by atoms with van der Waals surface area (Å²) in [5.74, 6) is -2.11. The number of ether oxygens (including phenoxy) is 1. The fraction of sp³-hybridized carbons (Fsp3) is 0.182. The van der Waals surface area contributed by atoms with Crippen molar-refractivity contribution in [1.29, 1.82) is 0 Å². The molecule has 0 bridgehead atoms. The molecule has 7 nitrogen and oxygen atoms in total. The number of rotatable bonds is 6. The second kappa shape index (κ2) is 8.91. The van der Waals surface area contributed by atoms with Crippen LogP contribution in [0, 0.1) is 25.5 Å². The Hall–Kier alpha value is -3.53. The Morgan fingerprint density at radius 3 is 2.31 bits per heavy atom. The molecule has 3 rings (SSSR count). The molecule has 168 valence electrons. The molecule has 0 aliphatic heterocycles. The van der Waals surface area contributed by atoms with Crippen LogP contribution in [0.5, 0.6) is 5.75 Å². The molecule has 10 heteroatoms. The Kier molecular flexibility index (Phi) is 6.45. The van der Waals surface area contributed by atoms with Crippen LogP contribution in [-0.4, -0.2) is 26.0 Å². The van der Waals surface area contributed by atoms with Gasteiger partial charge in [0.25, 0.3) is 5.56 Å². The van der Waals surface area contributed by atoms with Gasteiger partial charge in [-0.25, -0.2) is 17.2 Å². The van der Waals surface area contributed by atoms with E-state index in [9.17, 15) is 26.8 Å². The number of carbonyl (C=O) groups is 1. The topological polar surface area (TPSA) is 94.5 Å². The maximum atomic E-state index is 13.8. The summed E-state index contributed by atoms with van der Waals surface area (Å²) >= 11 is 0. The van der Waals surface area contributed by atoms with E-state index in [1.807, 2.05) is 0 Å². The van der Waals surface area contributed by atoms with E-state index in [1.165, 1.54) is 44.4 Å². The number of hydrogen-bond acceptors (Lipinski definition) is 5. The van der Waals surface area contributed by atoms with Crippen LogP contribution in [-0.2, 0) is 21.2 Å².